The fourth-order valence-corrected chi connectivity index (χ4v) is 4.16. The summed E-state index contributed by atoms with van der Waals surface area (Å²) < 4.78 is 0. The van der Waals surface area contributed by atoms with Gasteiger partial charge in [0, 0.05) is 23.4 Å². The molecule has 0 aliphatic heterocycles. The lowest BCUT2D eigenvalue weighted by atomic mass is 10.1. The van der Waals surface area contributed by atoms with E-state index in [1.165, 1.54) is 19.1 Å². The maximum Gasteiger partial charge on any atom is 0.352 e. The number of carbonyl (C=O) groups is 2. The van der Waals surface area contributed by atoms with Crippen molar-refractivity contribution < 1.29 is 35.1 Å². The Hall–Kier alpha value is -1.66. The van der Waals surface area contributed by atoms with Gasteiger partial charge in [-0.3, -0.25) is 10.1 Å². The molecule has 0 aromatic heterocycles. The molecule has 0 heterocycles. The number of hydrogen-bond donors (Lipinski definition) is 7. The van der Waals surface area contributed by atoms with Crippen LogP contribution >= 0.6 is 21.6 Å². The lowest BCUT2D eigenvalue weighted by Gasteiger charge is -2.28. The molecular formula is C14H20N2O7S2. The third-order valence-electron chi connectivity index (χ3n) is 3.21. The first-order chi connectivity index (χ1) is 11.6. The Balaban J connectivity index is 2.71. The smallest absolute Gasteiger partial charge is 0.352 e. The van der Waals surface area contributed by atoms with Crippen LogP contribution in [-0.2, 0) is 9.59 Å². The van der Waals surface area contributed by atoms with Gasteiger partial charge in [-0.2, -0.15) is 0 Å². The molecule has 0 saturated carbocycles. The highest BCUT2D eigenvalue weighted by atomic mass is 33.1. The van der Waals surface area contributed by atoms with Crippen LogP contribution < -0.4 is 11.1 Å². The molecule has 0 spiro atoms. The Labute approximate surface area is 151 Å². The fourth-order valence-electron chi connectivity index (χ4n) is 1.82. The Morgan fingerprint density at radius 1 is 1.28 bits per heavy atom. The van der Waals surface area contributed by atoms with E-state index in [1.807, 2.05) is 0 Å². The minimum Gasteiger partial charge on any atom is -0.508 e. The average Bonchev–Trinajstić information content (AvgIpc) is 2.50. The summed E-state index contributed by atoms with van der Waals surface area (Å²) >= 11 is 0. The number of carboxylic acid groups (broad SMARTS) is 2. The molecule has 1 rings (SSSR count). The highest BCUT2D eigenvalue weighted by molar-refractivity contribution is 8.76. The molecule has 0 aliphatic carbocycles. The van der Waals surface area contributed by atoms with Crippen molar-refractivity contribution in [3.8, 4) is 11.5 Å². The topological polar surface area (TPSA) is 173 Å². The van der Waals surface area contributed by atoms with Crippen molar-refractivity contribution in [2.24, 2.45) is 5.73 Å². The van der Waals surface area contributed by atoms with Crippen molar-refractivity contribution in [2.45, 2.75) is 24.7 Å². The lowest BCUT2D eigenvalue weighted by molar-refractivity contribution is -0.160. The molecule has 1 aromatic carbocycles. The van der Waals surface area contributed by atoms with Gasteiger partial charge in [0.1, 0.15) is 17.5 Å². The van der Waals surface area contributed by atoms with Crippen LogP contribution in [0.3, 0.4) is 0 Å². The number of nitrogens with one attached hydrogen (secondary N) is 1. The number of carboxylic acids is 2. The largest absolute Gasteiger partial charge is 0.508 e. The summed E-state index contributed by atoms with van der Waals surface area (Å²) in [5.74, 6) is -3.33. The summed E-state index contributed by atoms with van der Waals surface area (Å²) in [5, 5.41) is 49.9. The Morgan fingerprint density at radius 3 is 2.44 bits per heavy atom. The Morgan fingerprint density at radius 2 is 1.92 bits per heavy atom. The van der Waals surface area contributed by atoms with Crippen molar-refractivity contribution in [3.05, 3.63) is 23.8 Å². The summed E-state index contributed by atoms with van der Waals surface area (Å²) in [6, 6.07) is 2.00. The van der Waals surface area contributed by atoms with E-state index in [1.54, 1.807) is 0 Å². The van der Waals surface area contributed by atoms with E-state index in [9.17, 15) is 30.0 Å². The molecular weight excluding hydrogens is 372 g/mol. The fraction of sp³-hybridized carbons (Fsp3) is 0.429. The van der Waals surface area contributed by atoms with E-state index in [0.717, 1.165) is 27.7 Å². The second-order valence-electron chi connectivity index (χ2n) is 5.27. The first-order valence-electron chi connectivity index (χ1n) is 7.05. The lowest BCUT2D eigenvalue weighted by Crippen LogP contribution is -2.55. The standard InChI is InChI=1S/C14H20N2O7S2/c1-7(9-3-2-8(17)4-11(9)18)16-14(23,13(21)22)6-25-24-5-10(15)12(19)20/h2-4,7,10,16-18,23H,5-6,15H2,1H3,(H,19,20)(H,21,22). The summed E-state index contributed by atoms with van der Waals surface area (Å²) in [6.07, 6.45) is 0. The molecule has 140 valence electrons. The zero-order valence-corrected chi connectivity index (χ0v) is 14.9. The van der Waals surface area contributed by atoms with Crippen molar-refractivity contribution in [3.63, 3.8) is 0 Å². The number of hydrogen-bond acceptors (Lipinski definition) is 9. The minimum absolute atomic E-state index is 0.0456. The van der Waals surface area contributed by atoms with Crippen molar-refractivity contribution >= 4 is 33.5 Å². The van der Waals surface area contributed by atoms with Crippen LogP contribution in [-0.4, -0.2) is 60.7 Å². The molecule has 11 heteroatoms. The highest BCUT2D eigenvalue weighted by Gasteiger charge is 2.38. The van der Waals surface area contributed by atoms with Crippen molar-refractivity contribution in [1.29, 1.82) is 0 Å². The van der Waals surface area contributed by atoms with Gasteiger partial charge in [-0.1, -0.05) is 27.7 Å². The van der Waals surface area contributed by atoms with Gasteiger partial charge in [0.25, 0.3) is 0 Å². The average molecular weight is 392 g/mol. The van der Waals surface area contributed by atoms with Crippen LogP contribution in [0.15, 0.2) is 18.2 Å². The predicted molar refractivity (Wildman–Crippen MR) is 94.4 cm³/mol. The number of benzene rings is 1. The molecule has 25 heavy (non-hydrogen) atoms. The predicted octanol–water partition coefficient (Wildman–Crippen LogP) is 0.315. The van der Waals surface area contributed by atoms with Gasteiger partial charge in [0.15, 0.2) is 0 Å². The van der Waals surface area contributed by atoms with Crippen LogP contribution in [0.4, 0.5) is 0 Å². The van der Waals surface area contributed by atoms with Crippen LogP contribution in [0.5, 0.6) is 11.5 Å². The monoisotopic (exact) mass is 392 g/mol. The molecule has 0 bridgehead atoms. The zero-order chi connectivity index (χ0) is 19.2. The first-order valence-corrected chi connectivity index (χ1v) is 9.53. The molecule has 3 atom stereocenters. The normalized spacial score (nSPS) is 16.0. The molecule has 3 unspecified atom stereocenters. The molecule has 0 aliphatic rings. The third-order valence-corrected chi connectivity index (χ3v) is 5.66. The van der Waals surface area contributed by atoms with Gasteiger partial charge >= 0.3 is 11.9 Å². The van der Waals surface area contributed by atoms with Gasteiger partial charge in [-0.05, 0) is 13.0 Å². The Kier molecular flexibility index (Phi) is 7.83. The summed E-state index contributed by atoms with van der Waals surface area (Å²) in [4.78, 5) is 22.0. The van der Waals surface area contributed by atoms with Crippen LogP contribution in [0, 0.1) is 0 Å². The van der Waals surface area contributed by atoms with Gasteiger partial charge in [0.2, 0.25) is 5.72 Å². The maximum absolute atomic E-state index is 11.4. The third kappa shape index (κ3) is 6.29. The number of aliphatic carboxylic acids is 2. The summed E-state index contributed by atoms with van der Waals surface area (Å²) in [7, 11) is 1.98. The number of rotatable bonds is 10. The molecule has 1 aromatic rings. The quantitative estimate of drug-likeness (QED) is 0.166. The number of nitrogens with two attached hydrogens (primary N) is 1. The molecule has 9 nitrogen and oxygen atoms in total. The first kappa shape index (κ1) is 21.4. The van der Waals surface area contributed by atoms with Crippen LogP contribution in [0.25, 0.3) is 0 Å². The SMILES string of the molecule is CC(NC(O)(CSSCC(N)C(=O)O)C(=O)O)c1ccc(O)cc1O. The summed E-state index contributed by atoms with van der Waals surface area (Å²) in [5.41, 5.74) is 3.32. The number of aliphatic hydroxyl groups is 1. The number of aromatic hydroxyl groups is 2. The van der Waals surface area contributed by atoms with Gasteiger partial charge in [0.05, 0.1) is 5.75 Å². The second-order valence-corrected chi connectivity index (χ2v) is 7.77. The van der Waals surface area contributed by atoms with Crippen LogP contribution in [0.2, 0.25) is 0 Å². The van der Waals surface area contributed by atoms with Crippen LogP contribution in [0.1, 0.15) is 18.5 Å². The van der Waals surface area contributed by atoms with Crippen molar-refractivity contribution in [1.82, 2.24) is 5.32 Å². The van der Waals surface area contributed by atoms with E-state index in [-0.39, 0.29) is 23.0 Å². The molecule has 0 amide bonds. The van der Waals surface area contributed by atoms with Gasteiger partial charge in [-0.15, -0.1) is 0 Å². The zero-order valence-electron chi connectivity index (χ0n) is 13.2. The molecule has 8 N–H and O–H groups in total. The van der Waals surface area contributed by atoms with E-state index in [2.05, 4.69) is 5.32 Å². The highest BCUT2D eigenvalue weighted by Crippen LogP contribution is 2.31. The van der Waals surface area contributed by atoms with Gasteiger partial charge in [-0.25, -0.2) is 4.79 Å². The maximum atomic E-state index is 11.4. The molecule has 0 saturated heterocycles. The van der Waals surface area contributed by atoms with E-state index >= 15 is 0 Å². The van der Waals surface area contributed by atoms with E-state index in [4.69, 9.17) is 10.8 Å². The molecule has 0 fully saturated rings. The Bertz CT molecular complexity index is 631. The van der Waals surface area contributed by atoms with Gasteiger partial charge < -0.3 is 31.3 Å². The van der Waals surface area contributed by atoms with Crippen molar-refractivity contribution in [2.75, 3.05) is 11.5 Å². The summed E-state index contributed by atoms with van der Waals surface area (Å²) in [6.45, 7) is 1.54. The number of phenolic OH excluding ortho intramolecular Hbond substituents is 2. The molecule has 0 radical (unpaired) electrons. The second kappa shape index (κ2) is 9.15. The van der Waals surface area contributed by atoms with E-state index in [0.29, 0.717) is 5.56 Å². The van der Waals surface area contributed by atoms with E-state index < -0.39 is 29.7 Å². The minimum atomic E-state index is -2.31. The number of phenols is 2.